The topological polar surface area (TPSA) is 66.5 Å². The summed E-state index contributed by atoms with van der Waals surface area (Å²) in [4.78, 5) is 0. The summed E-state index contributed by atoms with van der Waals surface area (Å²) in [6, 6.07) is 7.27. The van der Waals surface area contributed by atoms with Gasteiger partial charge in [-0.1, -0.05) is 38.1 Å². The smallest absolute Gasteiger partial charge is 0.0624 e. The van der Waals surface area contributed by atoms with Crippen LogP contribution < -0.4 is 5.73 Å². The molecule has 1 unspecified atom stereocenters. The van der Waals surface area contributed by atoms with Crippen molar-refractivity contribution >= 4 is 0 Å². The molecule has 1 atom stereocenters. The minimum atomic E-state index is -0.382. The third-order valence-corrected chi connectivity index (χ3v) is 2.68. The number of aliphatic hydroxyl groups is 2. The van der Waals surface area contributed by atoms with Crippen molar-refractivity contribution in [1.29, 1.82) is 0 Å². The lowest BCUT2D eigenvalue weighted by Crippen LogP contribution is -2.27. The lowest BCUT2D eigenvalue weighted by Gasteiger charge is -2.27. The van der Waals surface area contributed by atoms with Crippen molar-refractivity contribution in [2.75, 3.05) is 13.2 Å². The van der Waals surface area contributed by atoms with Crippen molar-refractivity contribution in [3.63, 3.8) is 0 Å². The molecular weight excluding hydrogens is 190 g/mol. The predicted molar refractivity (Wildman–Crippen MR) is 60.6 cm³/mol. The monoisotopic (exact) mass is 209 g/mol. The second-order valence-electron chi connectivity index (χ2n) is 4.42. The van der Waals surface area contributed by atoms with Gasteiger partial charge in [-0.3, -0.25) is 0 Å². The van der Waals surface area contributed by atoms with Crippen molar-refractivity contribution in [2.45, 2.75) is 25.3 Å². The Morgan fingerprint density at radius 1 is 1.27 bits per heavy atom. The van der Waals surface area contributed by atoms with Crippen LogP contribution in [0.2, 0.25) is 0 Å². The van der Waals surface area contributed by atoms with Gasteiger partial charge >= 0.3 is 0 Å². The van der Waals surface area contributed by atoms with Crippen molar-refractivity contribution in [3.05, 3.63) is 35.4 Å². The molecule has 0 aromatic heterocycles. The van der Waals surface area contributed by atoms with Crippen LogP contribution in [-0.4, -0.2) is 23.4 Å². The Balaban J connectivity index is 3.17. The molecule has 0 aliphatic heterocycles. The van der Waals surface area contributed by atoms with Crippen LogP contribution >= 0.6 is 0 Å². The highest BCUT2D eigenvalue weighted by molar-refractivity contribution is 5.35. The molecule has 15 heavy (non-hydrogen) atoms. The highest BCUT2D eigenvalue weighted by atomic mass is 16.3. The predicted octanol–water partition coefficient (Wildman–Crippen LogP) is 0.949. The fourth-order valence-corrected chi connectivity index (χ4v) is 1.62. The first kappa shape index (κ1) is 12.2. The third kappa shape index (κ3) is 2.56. The summed E-state index contributed by atoms with van der Waals surface area (Å²) in [5, 5.41) is 18.4. The second kappa shape index (κ2) is 4.75. The molecule has 0 radical (unpaired) electrons. The molecule has 0 saturated carbocycles. The van der Waals surface area contributed by atoms with E-state index in [0.717, 1.165) is 11.1 Å². The molecule has 0 aliphatic carbocycles. The Labute approximate surface area is 90.5 Å². The molecule has 0 saturated heterocycles. The molecule has 0 fully saturated rings. The maximum atomic E-state index is 9.32. The van der Waals surface area contributed by atoms with E-state index in [9.17, 15) is 5.11 Å². The first-order chi connectivity index (χ1) is 7.03. The van der Waals surface area contributed by atoms with Gasteiger partial charge in [-0.2, -0.15) is 0 Å². The lowest BCUT2D eigenvalue weighted by molar-refractivity contribution is 0.215. The molecule has 0 bridgehead atoms. The van der Waals surface area contributed by atoms with Gasteiger partial charge in [0.25, 0.3) is 0 Å². The van der Waals surface area contributed by atoms with Crippen molar-refractivity contribution in [2.24, 2.45) is 5.73 Å². The van der Waals surface area contributed by atoms with Gasteiger partial charge in [0, 0.05) is 5.41 Å². The molecule has 3 nitrogen and oxygen atoms in total. The van der Waals surface area contributed by atoms with Gasteiger partial charge < -0.3 is 15.9 Å². The highest BCUT2D eigenvalue weighted by Gasteiger charge is 2.24. The molecule has 84 valence electrons. The molecule has 3 heteroatoms. The summed E-state index contributed by atoms with van der Waals surface area (Å²) in [5.41, 5.74) is 7.38. The van der Waals surface area contributed by atoms with Crippen LogP contribution in [0.15, 0.2) is 24.3 Å². The summed E-state index contributed by atoms with van der Waals surface area (Å²) in [5.74, 6) is 0. The quantitative estimate of drug-likeness (QED) is 0.691. The van der Waals surface area contributed by atoms with E-state index in [4.69, 9.17) is 10.8 Å². The van der Waals surface area contributed by atoms with E-state index < -0.39 is 0 Å². The Kier molecular flexibility index (Phi) is 3.85. The third-order valence-electron chi connectivity index (χ3n) is 2.68. The van der Waals surface area contributed by atoms with E-state index in [1.165, 1.54) is 0 Å². The van der Waals surface area contributed by atoms with Crippen molar-refractivity contribution < 1.29 is 10.2 Å². The van der Waals surface area contributed by atoms with E-state index in [1.807, 2.05) is 38.1 Å². The van der Waals surface area contributed by atoms with E-state index in [2.05, 4.69) is 0 Å². The number of benzene rings is 1. The summed E-state index contributed by atoms with van der Waals surface area (Å²) < 4.78 is 0. The summed E-state index contributed by atoms with van der Waals surface area (Å²) in [7, 11) is 0. The Morgan fingerprint density at radius 2 is 1.87 bits per heavy atom. The number of rotatable bonds is 4. The number of nitrogens with two attached hydrogens (primary N) is 1. The number of hydrogen-bond acceptors (Lipinski definition) is 3. The van der Waals surface area contributed by atoms with E-state index in [0.29, 0.717) is 0 Å². The zero-order valence-electron chi connectivity index (χ0n) is 9.27. The Morgan fingerprint density at radius 3 is 2.40 bits per heavy atom. The summed E-state index contributed by atoms with van der Waals surface area (Å²) >= 11 is 0. The van der Waals surface area contributed by atoms with Gasteiger partial charge in [-0.05, 0) is 11.1 Å². The first-order valence-corrected chi connectivity index (χ1v) is 5.09. The fourth-order valence-electron chi connectivity index (χ4n) is 1.62. The van der Waals surface area contributed by atoms with Crippen molar-refractivity contribution in [3.8, 4) is 0 Å². The number of hydrogen-bond donors (Lipinski definition) is 3. The lowest BCUT2D eigenvalue weighted by atomic mass is 9.81. The summed E-state index contributed by atoms with van der Waals surface area (Å²) in [6.07, 6.45) is 0. The maximum absolute atomic E-state index is 9.32. The first-order valence-electron chi connectivity index (χ1n) is 5.09. The van der Waals surface area contributed by atoms with Crippen LogP contribution in [0.25, 0.3) is 0 Å². The minimum absolute atomic E-state index is 0.0577. The molecule has 0 amide bonds. The maximum Gasteiger partial charge on any atom is 0.0624 e. The molecule has 1 rings (SSSR count). The Bertz CT molecular complexity index is 323. The average Bonchev–Trinajstić information content (AvgIpc) is 2.28. The zero-order chi connectivity index (χ0) is 11.5. The van der Waals surface area contributed by atoms with Crippen LogP contribution in [0.5, 0.6) is 0 Å². The second-order valence-corrected chi connectivity index (χ2v) is 4.42. The molecule has 0 heterocycles. The van der Waals surface area contributed by atoms with Crippen LogP contribution in [0, 0.1) is 0 Å². The van der Waals surface area contributed by atoms with Crippen LogP contribution in [-0.2, 0) is 5.41 Å². The fraction of sp³-hybridized carbons (Fsp3) is 0.500. The standard InChI is InChI=1S/C12H19NO2/c1-12(2,8-15)10-6-4-3-5-9(10)11(13)7-14/h3-6,11,14-15H,7-8,13H2,1-2H3. The van der Waals surface area contributed by atoms with Gasteiger partial charge in [0.05, 0.1) is 19.3 Å². The largest absolute Gasteiger partial charge is 0.395 e. The van der Waals surface area contributed by atoms with Crippen LogP contribution in [0.1, 0.15) is 31.0 Å². The average molecular weight is 209 g/mol. The normalized spacial score (nSPS) is 13.9. The molecule has 1 aromatic rings. The molecule has 0 aliphatic rings. The van der Waals surface area contributed by atoms with Gasteiger partial charge in [-0.25, -0.2) is 0 Å². The SMILES string of the molecule is CC(C)(CO)c1ccccc1C(N)CO. The van der Waals surface area contributed by atoms with Crippen molar-refractivity contribution in [1.82, 2.24) is 0 Å². The molecule has 1 aromatic carbocycles. The minimum Gasteiger partial charge on any atom is -0.395 e. The highest BCUT2D eigenvalue weighted by Crippen LogP contribution is 2.28. The van der Waals surface area contributed by atoms with Crippen LogP contribution in [0.3, 0.4) is 0 Å². The van der Waals surface area contributed by atoms with E-state index in [1.54, 1.807) is 0 Å². The van der Waals surface area contributed by atoms with Gasteiger partial charge in [-0.15, -0.1) is 0 Å². The van der Waals surface area contributed by atoms with E-state index in [-0.39, 0.29) is 24.7 Å². The molecule has 0 spiro atoms. The molecule has 4 N–H and O–H groups in total. The molecular formula is C12H19NO2. The van der Waals surface area contributed by atoms with Crippen LogP contribution in [0.4, 0.5) is 0 Å². The van der Waals surface area contributed by atoms with Gasteiger partial charge in [0.15, 0.2) is 0 Å². The zero-order valence-corrected chi connectivity index (χ0v) is 9.27. The van der Waals surface area contributed by atoms with Gasteiger partial charge in [0.1, 0.15) is 0 Å². The number of aliphatic hydroxyl groups excluding tert-OH is 2. The van der Waals surface area contributed by atoms with E-state index >= 15 is 0 Å². The summed E-state index contributed by atoms with van der Waals surface area (Å²) in [6.45, 7) is 3.88. The van der Waals surface area contributed by atoms with Gasteiger partial charge in [0.2, 0.25) is 0 Å². The Hall–Kier alpha value is -0.900.